The Labute approximate surface area is 137 Å². The third-order valence-electron chi connectivity index (χ3n) is 4.00. The van der Waals surface area contributed by atoms with Crippen molar-refractivity contribution < 1.29 is 9.59 Å². The second-order valence-electron chi connectivity index (χ2n) is 5.48. The van der Waals surface area contributed by atoms with Crippen LogP contribution in [0.1, 0.15) is 40.5 Å². The monoisotopic (exact) mass is 325 g/mol. The quantitative estimate of drug-likeness (QED) is 0.864. The Balaban J connectivity index is 0.00000242. The zero-order chi connectivity index (χ0) is 15.2. The lowest BCUT2D eigenvalue weighted by Crippen LogP contribution is -2.40. The number of benzene rings is 1. The van der Waals surface area contributed by atoms with E-state index in [1.165, 1.54) is 0 Å². The highest BCUT2D eigenvalue weighted by molar-refractivity contribution is 5.97. The van der Waals surface area contributed by atoms with Crippen molar-refractivity contribution in [2.75, 3.05) is 26.2 Å². The third kappa shape index (κ3) is 4.71. The van der Waals surface area contributed by atoms with Gasteiger partial charge in [0.2, 0.25) is 5.91 Å². The van der Waals surface area contributed by atoms with E-state index in [1.807, 2.05) is 4.90 Å². The van der Waals surface area contributed by atoms with Gasteiger partial charge in [0.25, 0.3) is 5.91 Å². The molecule has 0 spiro atoms. The summed E-state index contributed by atoms with van der Waals surface area (Å²) in [7, 11) is 0. The molecule has 2 amide bonds. The van der Waals surface area contributed by atoms with Crippen LogP contribution in [0.25, 0.3) is 0 Å². The molecule has 6 heteroatoms. The first-order chi connectivity index (χ1) is 10.1. The molecule has 1 aliphatic heterocycles. The molecule has 0 saturated carbocycles. The van der Waals surface area contributed by atoms with Gasteiger partial charge in [-0.05, 0) is 56.1 Å². The van der Waals surface area contributed by atoms with Gasteiger partial charge in [0.15, 0.2) is 0 Å². The Hall–Kier alpha value is -1.59. The summed E-state index contributed by atoms with van der Waals surface area (Å²) < 4.78 is 0. The summed E-state index contributed by atoms with van der Waals surface area (Å²) in [6, 6.07) is 6.56. The highest BCUT2D eigenvalue weighted by Gasteiger charge is 2.23. The Bertz CT molecular complexity index is 497. The number of carbonyl (C=O) groups is 2. The summed E-state index contributed by atoms with van der Waals surface area (Å²) in [5, 5.41) is 3.36. The average molecular weight is 326 g/mol. The van der Waals surface area contributed by atoms with Crippen LogP contribution in [0.2, 0.25) is 0 Å². The Morgan fingerprint density at radius 2 is 1.73 bits per heavy atom. The fourth-order valence-corrected chi connectivity index (χ4v) is 2.65. The zero-order valence-electron chi connectivity index (χ0n) is 12.9. The molecule has 1 aromatic carbocycles. The number of hydrogen-bond acceptors (Lipinski definition) is 3. The van der Waals surface area contributed by atoms with Crippen LogP contribution >= 0.6 is 12.4 Å². The van der Waals surface area contributed by atoms with Crippen LogP contribution in [0.4, 0.5) is 0 Å². The van der Waals surface area contributed by atoms with Crippen LogP contribution < -0.4 is 11.1 Å². The lowest BCUT2D eigenvalue weighted by molar-refractivity contribution is 0.0690. The van der Waals surface area contributed by atoms with Crippen molar-refractivity contribution in [1.82, 2.24) is 10.2 Å². The minimum absolute atomic E-state index is 0. The molecule has 1 heterocycles. The van der Waals surface area contributed by atoms with Gasteiger partial charge in [0.1, 0.15) is 0 Å². The Morgan fingerprint density at radius 1 is 1.18 bits per heavy atom. The number of hydrogen-bond donors (Lipinski definition) is 2. The molecule has 5 nitrogen and oxygen atoms in total. The van der Waals surface area contributed by atoms with Gasteiger partial charge < -0.3 is 16.0 Å². The molecule has 1 aliphatic rings. The van der Waals surface area contributed by atoms with Crippen LogP contribution in [0.5, 0.6) is 0 Å². The van der Waals surface area contributed by atoms with Crippen LogP contribution in [-0.2, 0) is 0 Å². The molecule has 0 bridgehead atoms. The van der Waals surface area contributed by atoms with Gasteiger partial charge in [-0.25, -0.2) is 0 Å². The number of halogens is 1. The Morgan fingerprint density at radius 3 is 2.23 bits per heavy atom. The normalized spacial score (nSPS) is 15.2. The van der Waals surface area contributed by atoms with Crippen molar-refractivity contribution in [2.24, 2.45) is 11.7 Å². The molecule has 0 radical (unpaired) electrons. The SMILES string of the molecule is CCNCC1CCN(C(=O)c2ccc(C(N)=O)cc2)CC1.Cl. The van der Waals surface area contributed by atoms with E-state index in [0.717, 1.165) is 39.0 Å². The van der Waals surface area contributed by atoms with E-state index in [9.17, 15) is 9.59 Å². The van der Waals surface area contributed by atoms with Gasteiger partial charge in [-0.1, -0.05) is 6.92 Å². The maximum absolute atomic E-state index is 12.4. The first-order valence-corrected chi connectivity index (χ1v) is 7.51. The number of nitrogens with zero attached hydrogens (tertiary/aromatic N) is 1. The van der Waals surface area contributed by atoms with Gasteiger partial charge in [-0.2, -0.15) is 0 Å². The standard InChI is InChI=1S/C16H23N3O2.ClH/c1-2-18-11-12-7-9-19(10-8-12)16(21)14-5-3-13(4-6-14)15(17)20;/h3-6,12,18H,2,7-11H2,1H3,(H2,17,20);1H. The van der Waals surface area contributed by atoms with Crippen molar-refractivity contribution in [2.45, 2.75) is 19.8 Å². The maximum atomic E-state index is 12.4. The summed E-state index contributed by atoms with van der Waals surface area (Å²) in [5.74, 6) is 0.220. The van der Waals surface area contributed by atoms with E-state index in [2.05, 4.69) is 12.2 Å². The van der Waals surface area contributed by atoms with Crippen LogP contribution in [-0.4, -0.2) is 42.9 Å². The lowest BCUT2D eigenvalue weighted by atomic mass is 9.96. The lowest BCUT2D eigenvalue weighted by Gasteiger charge is -2.32. The molecular weight excluding hydrogens is 302 g/mol. The fourth-order valence-electron chi connectivity index (χ4n) is 2.65. The smallest absolute Gasteiger partial charge is 0.253 e. The number of primary amides is 1. The summed E-state index contributed by atoms with van der Waals surface area (Å²) in [5.41, 5.74) is 6.24. The van der Waals surface area contributed by atoms with Gasteiger partial charge in [-0.15, -0.1) is 12.4 Å². The maximum Gasteiger partial charge on any atom is 0.253 e. The topological polar surface area (TPSA) is 75.4 Å². The number of nitrogens with one attached hydrogen (secondary N) is 1. The van der Waals surface area contributed by atoms with Crippen molar-refractivity contribution >= 4 is 24.2 Å². The summed E-state index contributed by atoms with van der Waals surface area (Å²) in [4.78, 5) is 25.3. The molecule has 0 aliphatic carbocycles. The van der Waals surface area contributed by atoms with Crippen molar-refractivity contribution in [3.8, 4) is 0 Å². The van der Waals surface area contributed by atoms with Gasteiger partial charge in [0.05, 0.1) is 0 Å². The molecule has 3 N–H and O–H groups in total. The summed E-state index contributed by atoms with van der Waals surface area (Å²) in [6.07, 6.45) is 2.08. The van der Waals surface area contributed by atoms with Crippen LogP contribution in [0.15, 0.2) is 24.3 Å². The molecule has 1 aromatic rings. The van der Waals surface area contributed by atoms with Gasteiger partial charge >= 0.3 is 0 Å². The van der Waals surface area contributed by atoms with Crippen molar-refractivity contribution in [1.29, 1.82) is 0 Å². The van der Waals surface area contributed by atoms with Crippen molar-refractivity contribution in [3.05, 3.63) is 35.4 Å². The number of rotatable bonds is 5. The zero-order valence-corrected chi connectivity index (χ0v) is 13.7. The number of likely N-dealkylation sites (tertiary alicyclic amines) is 1. The second kappa shape index (κ2) is 8.76. The number of carbonyl (C=O) groups excluding carboxylic acids is 2. The van der Waals surface area contributed by atoms with Crippen LogP contribution in [0.3, 0.4) is 0 Å². The molecule has 0 aromatic heterocycles. The molecular formula is C16H24ClN3O2. The Kier molecular flexibility index (Phi) is 7.35. The predicted octanol–water partition coefficient (Wildman–Crippen LogP) is 1.67. The van der Waals surface area contributed by atoms with Crippen LogP contribution in [0, 0.1) is 5.92 Å². The largest absolute Gasteiger partial charge is 0.366 e. The van der Waals surface area contributed by atoms with E-state index < -0.39 is 5.91 Å². The molecule has 22 heavy (non-hydrogen) atoms. The van der Waals surface area contributed by atoms with Gasteiger partial charge in [-0.3, -0.25) is 9.59 Å². The first-order valence-electron chi connectivity index (χ1n) is 7.51. The number of nitrogens with two attached hydrogens (primary N) is 1. The summed E-state index contributed by atoms with van der Waals surface area (Å²) >= 11 is 0. The minimum atomic E-state index is -0.474. The predicted molar refractivity (Wildman–Crippen MR) is 89.4 cm³/mol. The van der Waals surface area contributed by atoms with E-state index in [-0.39, 0.29) is 18.3 Å². The average Bonchev–Trinajstić information content (AvgIpc) is 2.53. The second-order valence-corrected chi connectivity index (χ2v) is 5.48. The molecule has 1 fully saturated rings. The first kappa shape index (κ1) is 18.5. The molecule has 1 saturated heterocycles. The molecule has 0 atom stereocenters. The van der Waals surface area contributed by atoms with E-state index >= 15 is 0 Å². The van der Waals surface area contributed by atoms with Crippen molar-refractivity contribution in [3.63, 3.8) is 0 Å². The minimum Gasteiger partial charge on any atom is -0.366 e. The van der Waals surface area contributed by atoms with Gasteiger partial charge in [0, 0.05) is 24.2 Å². The highest BCUT2D eigenvalue weighted by Crippen LogP contribution is 2.18. The number of amides is 2. The molecule has 122 valence electrons. The van der Waals surface area contributed by atoms with E-state index in [0.29, 0.717) is 17.0 Å². The van der Waals surface area contributed by atoms with E-state index in [4.69, 9.17) is 5.73 Å². The molecule has 2 rings (SSSR count). The highest BCUT2D eigenvalue weighted by atomic mass is 35.5. The molecule has 0 unspecified atom stereocenters. The van der Waals surface area contributed by atoms with E-state index in [1.54, 1.807) is 24.3 Å². The third-order valence-corrected chi connectivity index (χ3v) is 4.00. The fraction of sp³-hybridized carbons (Fsp3) is 0.500. The summed E-state index contributed by atoms with van der Waals surface area (Å²) in [6.45, 7) is 5.73. The number of piperidine rings is 1.